The maximum atomic E-state index is 13.7. The van der Waals surface area contributed by atoms with Crippen molar-refractivity contribution in [3.63, 3.8) is 0 Å². The average molecular weight is 271 g/mol. The first-order chi connectivity index (χ1) is 9.61. The molecule has 0 bridgehead atoms. The summed E-state index contributed by atoms with van der Waals surface area (Å²) in [7, 11) is 0. The number of aliphatic hydroxyl groups excluding tert-OH is 1. The molecule has 0 radical (unpaired) electrons. The van der Waals surface area contributed by atoms with Gasteiger partial charge in [0.25, 0.3) is 0 Å². The van der Waals surface area contributed by atoms with E-state index in [4.69, 9.17) is 10.00 Å². The number of rotatable bonds is 4. The van der Waals surface area contributed by atoms with Crippen molar-refractivity contribution in [3.8, 4) is 11.8 Å². The third kappa shape index (κ3) is 3.14. The molecule has 0 aliphatic heterocycles. The normalized spacial score (nSPS) is 11.7. The zero-order valence-corrected chi connectivity index (χ0v) is 11.0. The maximum absolute atomic E-state index is 13.7. The van der Waals surface area contributed by atoms with E-state index in [9.17, 15) is 9.50 Å². The first-order valence-electron chi connectivity index (χ1n) is 6.20. The van der Waals surface area contributed by atoms with Crippen LogP contribution in [0.5, 0.6) is 5.75 Å². The van der Waals surface area contributed by atoms with Gasteiger partial charge in [-0.1, -0.05) is 18.2 Å². The molecule has 0 heterocycles. The van der Waals surface area contributed by atoms with Crippen LogP contribution in [0.15, 0.2) is 42.5 Å². The van der Waals surface area contributed by atoms with Crippen LogP contribution in [0, 0.1) is 17.1 Å². The fourth-order valence-corrected chi connectivity index (χ4v) is 1.85. The molecule has 0 aliphatic rings. The lowest BCUT2D eigenvalue weighted by Crippen LogP contribution is -2.00. The van der Waals surface area contributed by atoms with E-state index in [-0.39, 0.29) is 12.2 Å². The van der Waals surface area contributed by atoms with Crippen LogP contribution >= 0.6 is 0 Å². The molecule has 1 atom stereocenters. The standard InChI is InChI=1S/C16H14FNO2/c1-11(19)15-7-6-14(8-16(15)17)20-10-13-5-3-2-4-12(13)9-18/h2-8,11,19H,10H2,1H3. The highest BCUT2D eigenvalue weighted by molar-refractivity contribution is 5.37. The Morgan fingerprint density at radius 3 is 2.70 bits per heavy atom. The van der Waals surface area contributed by atoms with Gasteiger partial charge >= 0.3 is 0 Å². The Morgan fingerprint density at radius 1 is 1.30 bits per heavy atom. The summed E-state index contributed by atoms with van der Waals surface area (Å²) in [5.74, 6) is -0.147. The molecule has 0 saturated heterocycles. The van der Waals surface area contributed by atoms with Crippen molar-refractivity contribution >= 4 is 0 Å². The molecule has 4 heteroatoms. The first-order valence-corrected chi connectivity index (χ1v) is 6.20. The molecule has 0 spiro atoms. The van der Waals surface area contributed by atoms with Gasteiger partial charge in [-0.15, -0.1) is 0 Å². The third-order valence-corrected chi connectivity index (χ3v) is 2.95. The van der Waals surface area contributed by atoms with Crippen molar-refractivity contribution in [2.45, 2.75) is 19.6 Å². The second-order valence-corrected chi connectivity index (χ2v) is 4.42. The predicted molar refractivity (Wildman–Crippen MR) is 72.5 cm³/mol. The van der Waals surface area contributed by atoms with Gasteiger partial charge in [0.2, 0.25) is 0 Å². The smallest absolute Gasteiger partial charge is 0.132 e. The van der Waals surface area contributed by atoms with Crippen molar-refractivity contribution < 1.29 is 14.2 Å². The van der Waals surface area contributed by atoms with Gasteiger partial charge in [-0.2, -0.15) is 5.26 Å². The number of aliphatic hydroxyl groups is 1. The van der Waals surface area contributed by atoms with E-state index < -0.39 is 11.9 Å². The zero-order chi connectivity index (χ0) is 14.5. The molecule has 2 aromatic rings. The van der Waals surface area contributed by atoms with E-state index in [0.717, 1.165) is 5.56 Å². The summed E-state index contributed by atoms with van der Waals surface area (Å²) in [5, 5.41) is 18.3. The Kier molecular flexibility index (Phi) is 4.34. The number of hydrogen-bond donors (Lipinski definition) is 1. The van der Waals surface area contributed by atoms with Gasteiger partial charge in [0.1, 0.15) is 18.2 Å². The van der Waals surface area contributed by atoms with Gasteiger partial charge < -0.3 is 9.84 Å². The first kappa shape index (κ1) is 14.0. The summed E-state index contributed by atoms with van der Waals surface area (Å²) in [5.41, 5.74) is 1.51. The molecule has 102 valence electrons. The number of hydrogen-bond acceptors (Lipinski definition) is 3. The Labute approximate surface area is 116 Å². The minimum absolute atomic E-state index is 0.192. The highest BCUT2D eigenvalue weighted by Crippen LogP contribution is 2.22. The summed E-state index contributed by atoms with van der Waals surface area (Å²) in [4.78, 5) is 0. The lowest BCUT2D eigenvalue weighted by atomic mass is 10.1. The number of nitrogens with zero attached hydrogens (tertiary/aromatic N) is 1. The number of ether oxygens (including phenoxy) is 1. The van der Waals surface area contributed by atoms with Crippen LogP contribution in [0.25, 0.3) is 0 Å². The Hall–Kier alpha value is -2.38. The van der Waals surface area contributed by atoms with Crippen LogP contribution in [0.3, 0.4) is 0 Å². The van der Waals surface area contributed by atoms with E-state index in [2.05, 4.69) is 6.07 Å². The second-order valence-electron chi connectivity index (χ2n) is 4.42. The van der Waals surface area contributed by atoms with Gasteiger partial charge in [0.05, 0.1) is 17.7 Å². The molecule has 0 fully saturated rings. The largest absolute Gasteiger partial charge is 0.489 e. The Balaban J connectivity index is 2.12. The molecule has 0 amide bonds. The predicted octanol–water partition coefficient (Wildman–Crippen LogP) is 3.33. The van der Waals surface area contributed by atoms with Crippen molar-refractivity contribution in [1.82, 2.24) is 0 Å². The quantitative estimate of drug-likeness (QED) is 0.928. The van der Waals surface area contributed by atoms with Crippen LogP contribution in [0.1, 0.15) is 29.7 Å². The molecule has 3 nitrogen and oxygen atoms in total. The average Bonchev–Trinajstić information content (AvgIpc) is 2.45. The van der Waals surface area contributed by atoms with Crippen LogP contribution in [0.4, 0.5) is 4.39 Å². The number of benzene rings is 2. The summed E-state index contributed by atoms with van der Waals surface area (Å²) in [6.45, 7) is 1.69. The molecule has 2 rings (SSSR count). The summed E-state index contributed by atoms with van der Waals surface area (Å²) in [6.07, 6.45) is -0.858. The lowest BCUT2D eigenvalue weighted by molar-refractivity contribution is 0.194. The van der Waals surface area contributed by atoms with Crippen molar-refractivity contribution in [2.24, 2.45) is 0 Å². The monoisotopic (exact) mass is 271 g/mol. The van der Waals surface area contributed by atoms with E-state index in [1.165, 1.54) is 19.1 Å². The SMILES string of the molecule is CC(O)c1ccc(OCc2ccccc2C#N)cc1F. The Morgan fingerprint density at radius 2 is 2.05 bits per heavy atom. The maximum Gasteiger partial charge on any atom is 0.132 e. The van der Waals surface area contributed by atoms with E-state index >= 15 is 0 Å². The van der Waals surface area contributed by atoms with E-state index in [1.54, 1.807) is 24.3 Å². The third-order valence-electron chi connectivity index (χ3n) is 2.95. The zero-order valence-electron chi connectivity index (χ0n) is 11.0. The summed E-state index contributed by atoms with van der Waals surface area (Å²) < 4.78 is 19.2. The van der Waals surface area contributed by atoms with E-state index in [0.29, 0.717) is 11.3 Å². The van der Waals surface area contributed by atoms with Gasteiger partial charge in [0.15, 0.2) is 0 Å². The minimum atomic E-state index is -0.858. The Bertz CT molecular complexity index is 647. The van der Waals surface area contributed by atoms with Crippen LogP contribution in [-0.4, -0.2) is 5.11 Å². The minimum Gasteiger partial charge on any atom is -0.489 e. The highest BCUT2D eigenvalue weighted by Gasteiger charge is 2.09. The van der Waals surface area contributed by atoms with Crippen molar-refractivity contribution in [2.75, 3.05) is 0 Å². The van der Waals surface area contributed by atoms with Crippen LogP contribution < -0.4 is 4.74 Å². The number of halogens is 1. The van der Waals surface area contributed by atoms with Crippen molar-refractivity contribution in [3.05, 3.63) is 65.0 Å². The molecule has 0 aromatic heterocycles. The van der Waals surface area contributed by atoms with Gasteiger partial charge in [-0.25, -0.2) is 4.39 Å². The van der Waals surface area contributed by atoms with Crippen LogP contribution in [-0.2, 0) is 6.61 Å². The fourth-order valence-electron chi connectivity index (χ4n) is 1.85. The van der Waals surface area contributed by atoms with Crippen LogP contribution in [0.2, 0.25) is 0 Å². The van der Waals surface area contributed by atoms with E-state index in [1.807, 2.05) is 6.07 Å². The summed E-state index contributed by atoms with van der Waals surface area (Å²) in [6, 6.07) is 13.5. The molecular formula is C16H14FNO2. The molecule has 0 aliphatic carbocycles. The molecule has 2 aromatic carbocycles. The fraction of sp³-hybridized carbons (Fsp3) is 0.188. The van der Waals surface area contributed by atoms with Gasteiger partial charge in [0, 0.05) is 17.2 Å². The lowest BCUT2D eigenvalue weighted by Gasteiger charge is -2.10. The highest BCUT2D eigenvalue weighted by atomic mass is 19.1. The van der Waals surface area contributed by atoms with Gasteiger partial charge in [-0.05, 0) is 25.1 Å². The molecular weight excluding hydrogens is 257 g/mol. The summed E-state index contributed by atoms with van der Waals surface area (Å²) >= 11 is 0. The molecule has 1 N–H and O–H groups in total. The van der Waals surface area contributed by atoms with Crippen molar-refractivity contribution in [1.29, 1.82) is 5.26 Å². The van der Waals surface area contributed by atoms with Gasteiger partial charge in [-0.3, -0.25) is 0 Å². The molecule has 0 saturated carbocycles. The topological polar surface area (TPSA) is 53.2 Å². The number of nitriles is 1. The molecule has 1 unspecified atom stereocenters. The molecule has 20 heavy (non-hydrogen) atoms. The second kappa shape index (κ2) is 6.18.